The molecule has 0 radical (unpaired) electrons. The largest absolute Gasteiger partial charge is 0.402 e. The zero-order chi connectivity index (χ0) is 16.3. The Morgan fingerprint density at radius 3 is 2.48 bits per heavy atom. The van der Waals surface area contributed by atoms with E-state index in [1.165, 1.54) is 18.2 Å². The summed E-state index contributed by atoms with van der Waals surface area (Å²) in [5, 5.41) is 0. The van der Waals surface area contributed by atoms with Gasteiger partial charge >= 0.3 is 6.18 Å². The summed E-state index contributed by atoms with van der Waals surface area (Å²) in [6.07, 6.45) is -3.69. The fraction of sp³-hybridized carbons (Fsp3) is 0.500. The summed E-state index contributed by atoms with van der Waals surface area (Å²) in [6.45, 7) is 0.0391. The topological polar surface area (TPSA) is 63.4 Å². The lowest BCUT2D eigenvalue weighted by molar-refractivity contribution is -0.136. The molecule has 21 heavy (non-hydrogen) atoms. The van der Waals surface area contributed by atoms with E-state index in [4.69, 9.17) is 5.73 Å². The standard InChI is InChI=1S/C12H16BrF3N2O2S/c1-2-3-6-18(8-12(14,15)16)21(19,20)11-7-9(13)4-5-10(11)17/h4-5,7H,2-3,6,8,17H2,1H3. The highest BCUT2D eigenvalue weighted by molar-refractivity contribution is 9.10. The Morgan fingerprint density at radius 2 is 1.95 bits per heavy atom. The minimum atomic E-state index is -4.61. The van der Waals surface area contributed by atoms with Gasteiger partial charge in [0.1, 0.15) is 11.4 Å². The molecular formula is C12H16BrF3N2O2S. The van der Waals surface area contributed by atoms with Crippen molar-refractivity contribution in [1.82, 2.24) is 4.31 Å². The highest BCUT2D eigenvalue weighted by Gasteiger charge is 2.37. The summed E-state index contributed by atoms with van der Waals surface area (Å²) in [5.74, 6) is 0. The molecule has 0 aliphatic carbocycles. The van der Waals surface area contributed by atoms with E-state index < -0.39 is 22.7 Å². The van der Waals surface area contributed by atoms with Crippen molar-refractivity contribution in [2.24, 2.45) is 0 Å². The van der Waals surface area contributed by atoms with Crippen molar-refractivity contribution in [2.45, 2.75) is 30.8 Å². The Morgan fingerprint density at radius 1 is 1.33 bits per heavy atom. The number of nitrogens with zero attached hydrogens (tertiary/aromatic N) is 1. The Kier molecular flexibility index (Phi) is 6.06. The van der Waals surface area contributed by atoms with Gasteiger partial charge < -0.3 is 5.73 Å². The van der Waals surface area contributed by atoms with Crippen molar-refractivity contribution in [2.75, 3.05) is 18.8 Å². The number of sulfonamides is 1. The normalized spacial score (nSPS) is 12.9. The van der Waals surface area contributed by atoms with Gasteiger partial charge in [0, 0.05) is 11.0 Å². The first-order chi connectivity index (χ1) is 9.58. The first-order valence-electron chi connectivity index (χ1n) is 6.20. The third-order valence-electron chi connectivity index (χ3n) is 2.71. The first-order valence-corrected chi connectivity index (χ1v) is 8.43. The van der Waals surface area contributed by atoms with Crippen LogP contribution < -0.4 is 5.73 Å². The molecule has 9 heteroatoms. The first kappa shape index (κ1) is 18.2. The fourth-order valence-electron chi connectivity index (χ4n) is 1.69. The SMILES string of the molecule is CCCCN(CC(F)(F)F)S(=O)(=O)c1cc(Br)ccc1N. The van der Waals surface area contributed by atoms with Crippen LogP contribution in [0.5, 0.6) is 0 Å². The summed E-state index contributed by atoms with van der Waals surface area (Å²) >= 11 is 3.09. The van der Waals surface area contributed by atoms with Gasteiger partial charge in [0.15, 0.2) is 0 Å². The molecule has 2 N–H and O–H groups in total. The Hall–Kier alpha value is -0.800. The van der Waals surface area contributed by atoms with Gasteiger partial charge in [-0.3, -0.25) is 0 Å². The van der Waals surface area contributed by atoms with Crippen LogP contribution in [-0.4, -0.2) is 32.0 Å². The summed E-state index contributed by atoms with van der Waals surface area (Å²) in [4.78, 5) is -0.322. The van der Waals surface area contributed by atoms with Crippen LogP contribution in [0.3, 0.4) is 0 Å². The van der Waals surface area contributed by atoms with Crippen LogP contribution in [0, 0.1) is 0 Å². The summed E-state index contributed by atoms with van der Waals surface area (Å²) < 4.78 is 63.5. The van der Waals surface area contributed by atoms with E-state index in [0.29, 0.717) is 21.6 Å². The number of nitrogens with two attached hydrogens (primary N) is 1. The van der Waals surface area contributed by atoms with Gasteiger partial charge in [-0.1, -0.05) is 29.3 Å². The molecule has 0 saturated carbocycles. The molecule has 0 saturated heterocycles. The lowest BCUT2D eigenvalue weighted by atomic mass is 10.3. The predicted octanol–water partition coefficient (Wildman–Crippen LogP) is 3.38. The van der Waals surface area contributed by atoms with Crippen molar-refractivity contribution < 1.29 is 21.6 Å². The molecule has 0 unspecified atom stereocenters. The summed E-state index contributed by atoms with van der Waals surface area (Å²) in [7, 11) is -4.30. The highest BCUT2D eigenvalue weighted by Crippen LogP contribution is 2.28. The monoisotopic (exact) mass is 388 g/mol. The molecule has 1 aromatic carbocycles. The molecule has 0 aliphatic rings. The van der Waals surface area contributed by atoms with E-state index >= 15 is 0 Å². The lowest BCUT2D eigenvalue weighted by Gasteiger charge is -2.24. The molecule has 120 valence electrons. The number of halogens is 4. The summed E-state index contributed by atoms with van der Waals surface area (Å²) in [5.41, 5.74) is 5.52. The molecule has 1 rings (SSSR count). The van der Waals surface area contributed by atoms with E-state index in [1.54, 1.807) is 6.92 Å². The zero-order valence-electron chi connectivity index (χ0n) is 11.3. The number of hydrogen-bond acceptors (Lipinski definition) is 3. The minimum absolute atomic E-state index is 0.0816. The van der Waals surface area contributed by atoms with Crippen LogP contribution in [0.15, 0.2) is 27.6 Å². The van der Waals surface area contributed by atoms with Crippen LogP contribution in [0.1, 0.15) is 19.8 Å². The number of unbranched alkanes of at least 4 members (excludes halogenated alkanes) is 1. The molecule has 0 heterocycles. The number of alkyl halides is 3. The van der Waals surface area contributed by atoms with Gasteiger partial charge in [0.05, 0.1) is 5.69 Å². The third-order valence-corrected chi connectivity index (χ3v) is 5.10. The Balaban J connectivity index is 3.22. The molecule has 1 aromatic rings. The van der Waals surface area contributed by atoms with Crippen molar-refractivity contribution in [3.63, 3.8) is 0 Å². The quantitative estimate of drug-likeness (QED) is 0.759. The number of benzene rings is 1. The van der Waals surface area contributed by atoms with Gasteiger partial charge in [-0.15, -0.1) is 0 Å². The highest BCUT2D eigenvalue weighted by atomic mass is 79.9. The molecule has 0 aromatic heterocycles. The maximum atomic E-state index is 12.6. The van der Waals surface area contributed by atoms with Crippen molar-refractivity contribution >= 4 is 31.6 Å². The number of anilines is 1. The van der Waals surface area contributed by atoms with E-state index in [2.05, 4.69) is 15.9 Å². The second-order valence-electron chi connectivity index (χ2n) is 4.49. The van der Waals surface area contributed by atoms with Crippen LogP contribution >= 0.6 is 15.9 Å². The lowest BCUT2D eigenvalue weighted by Crippen LogP contribution is -2.39. The number of hydrogen-bond donors (Lipinski definition) is 1. The average Bonchev–Trinajstić information content (AvgIpc) is 2.35. The van der Waals surface area contributed by atoms with Crippen LogP contribution in [0.2, 0.25) is 0 Å². The molecule has 0 amide bonds. The predicted molar refractivity (Wildman–Crippen MR) is 78.3 cm³/mol. The van der Waals surface area contributed by atoms with Gasteiger partial charge in [-0.2, -0.15) is 17.5 Å². The number of nitrogen functional groups attached to an aromatic ring is 1. The Bertz CT molecular complexity index is 591. The Labute approximate surface area is 130 Å². The molecule has 0 atom stereocenters. The smallest absolute Gasteiger partial charge is 0.398 e. The van der Waals surface area contributed by atoms with Crippen LogP contribution in [0.4, 0.5) is 18.9 Å². The molecular weight excluding hydrogens is 373 g/mol. The fourth-order valence-corrected chi connectivity index (χ4v) is 3.81. The molecule has 0 bridgehead atoms. The van der Waals surface area contributed by atoms with Gasteiger partial charge in [0.2, 0.25) is 10.0 Å². The maximum Gasteiger partial charge on any atom is 0.402 e. The van der Waals surface area contributed by atoms with Crippen LogP contribution in [0.25, 0.3) is 0 Å². The minimum Gasteiger partial charge on any atom is -0.398 e. The second kappa shape index (κ2) is 6.97. The van der Waals surface area contributed by atoms with Crippen molar-refractivity contribution in [1.29, 1.82) is 0 Å². The van der Waals surface area contributed by atoms with Crippen LogP contribution in [-0.2, 0) is 10.0 Å². The van der Waals surface area contributed by atoms with E-state index in [-0.39, 0.29) is 17.1 Å². The molecule has 0 spiro atoms. The van der Waals surface area contributed by atoms with Crippen molar-refractivity contribution in [3.8, 4) is 0 Å². The zero-order valence-corrected chi connectivity index (χ0v) is 13.7. The van der Waals surface area contributed by atoms with E-state index in [9.17, 15) is 21.6 Å². The average molecular weight is 389 g/mol. The van der Waals surface area contributed by atoms with Crippen molar-refractivity contribution in [3.05, 3.63) is 22.7 Å². The number of rotatable bonds is 6. The van der Waals surface area contributed by atoms with Gasteiger partial charge in [-0.25, -0.2) is 8.42 Å². The molecule has 4 nitrogen and oxygen atoms in total. The van der Waals surface area contributed by atoms with Gasteiger partial charge in [-0.05, 0) is 24.6 Å². The maximum absolute atomic E-state index is 12.6. The second-order valence-corrected chi connectivity index (χ2v) is 7.31. The molecule has 0 aliphatic heterocycles. The van der Waals surface area contributed by atoms with Gasteiger partial charge in [0.25, 0.3) is 0 Å². The third kappa shape index (κ3) is 5.15. The molecule has 0 fully saturated rings. The van der Waals surface area contributed by atoms with E-state index in [1.807, 2.05) is 0 Å². The van der Waals surface area contributed by atoms with E-state index in [0.717, 1.165) is 0 Å². The summed E-state index contributed by atoms with van der Waals surface area (Å²) in [6, 6.07) is 4.07.